The molecular formula is C12H17NO4. The smallest absolute Gasteiger partial charge is 0.333 e. The van der Waals surface area contributed by atoms with Gasteiger partial charge in [0.25, 0.3) is 0 Å². The lowest BCUT2D eigenvalue weighted by Gasteiger charge is -2.28. The number of rotatable bonds is 3. The van der Waals surface area contributed by atoms with Gasteiger partial charge in [-0.15, -0.1) is 0 Å². The summed E-state index contributed by atoms with van der Waals surface area (Å²) in [5.41, 5.74) is -0.00750. The van der Waals surface area contributed by atoms with E-state index in [1.807, 2.05) is 0 Å². The molecule has 1 saturated carbocycles. The predicted octanol–water partition coefficient (Wildman–Crippen LogP) is 0.860. The molecule has 3 unspecified atom stereocenters. The highest BCUT2D eigenvalue weighted by atomic mass is 16.4. The summed E-state index contributed by atoms with van der Waals surface area (Å²) in [4.78, 5) is 21.8. The van der Waals surface area contributed by atoms with Gasteiger partial charge in [0, 0.05) is 12.1 Å². The van der Waals surface area contributed by atoms with Gasteiger partial charge in [-0.05, 0) is 31.2 Å². The van der Waals surface area contributed by atoms with Crippen molar-refractivity contribution in [1.82, 2.24) is 5.32 Å². The molecule has 17 heavy (non-hydrogen) atoms. The zero-order valence-corrected chi connectivity index (χ0v) is 9.56. The summed E-state index contributed by atoms with van der Waals surface area (Å²) < 4.78 is 0. The van der Waals surface area contributed by atoms with Crippen LogP contribution in [0.15, 0.2) is 11.6 Å². The SMILES string of the molecule is O=C(O)/C=C(/C(=O)O)C1NCC2CCCCC21. The van der Waals surface area contributed by atoms with E-state index in [-0.39, 0.29) is 17.5 Å². The molecule has 0 spiro atoms. The van der Waals surface area contributed by atoms with Crippen molar-refractivity contribution >= 4 is 11.9 Å². The van der Waals surface area contributed by atoms with Gasteiger partial charge in [0.15, 0.2) is 0 Å². The molecule has 2 aliphatic rings. The number of hydrogen-bond donors (Lipinski definition) is 3. The zero-order chi connectivity index (χ0) is 12.4. The first-order valence-electron chi connectivity index (χ1n) is 6.01. The molecule has 5 heteroatoms. The van der Waals surface area contributed by atoms with Crippen LogP contribution in [-0.2, 0) is 9.59 Å². The summed E-state index contributed by atoms with van der Waals surface area (Å²) in [5.74, 6) is -1.53. The molecule has 3 N–H and O–H groups in total. The largest absolute Gasteiger partial charge is 0.478 e. The van der Waals surface area contributed by atoms with Gasteiger partial charge in [-0.2, -0.15) is 0 Å². The van der Waals surface area contributed by atoms with E-state index in [1.165, 1.54) is 6.42 Å². The van der Waals surface area contributed by atoms with Crippen molar-refractivity contribution in [2.24, 2.45) is 11.8 Å². The minimum Gasteiger partial charge on any atom is -0.478 e. The lowest BCUT2D eigenvalue weighted by atomic mass is 9.76. The fourth-order valence-electron chi connectivity index (χ4n) is 3.12. The number of nitrogens with one attached hydrogen (secondary N) is 1. The van der Waals surface area contributed by atoms with Crippen LogP contribution in [0.4, 0.5) is 0 Å². The van der Waals surface area contributed by atoms with Crippen LogP contribution < -0.4 is 5.32 Å². The van der Waals surface area contributed by atoms with E-state index in [0.717, 1.165) is 31.9 Å². The Morgan fingerprint density at radius 3 is 2.53 bits per heavy atom. The van der Waals surface area contributed by atoms with Crippen LogP contribution in [0, 0.1) is 11.8 Å². The number of hydrogen-bond acceptors (Lipinski definition) is 3. The molecule has 0 radical (unpaired) electrons. The van der Waals surface area contributed by atoms with E-state index in [1.54, 1.807) is 0 Å². The minimum atomic E-state index is -1.19. The first-order valence-corrected chi connectivity index (χ1v) is 6.01. The van der Waals surface area contributed by atoms with Crippen LogP contribution in [0.3, 0.4) is 0 Å². The quantitative estimate of drug-likeness (QED) is 0.636. The molecular weight excluding hydrogens is 222 g/mol. The summed E-state index contributed by atoms with van der Waals surface area (Å²) in [6.07, 6.45) is 5.25. The van der Waals surface area contributed by atoms with Crippen molar-refractivity contribution in [3.8, 4) is 0 Å². The lowest BCUT2D eigenvalue weighted by Crippen LogP contribution is -2.34. The topological polar surface area (TPSA) is 86.6 Å². The monoisotopic (exact) mass is 239 g/mol. The molecule has 2 rings (SSSR count). The number of carboxylic acids is 2. The Kier molecular flexibility index (Phi) is 3.47. The molecule has 5 nitrogen and oxygen atoms in total. The Hall–Kier alpha value is -1.36. The standard InChI is InChI=1S/C12H17NO4/c14-10(15)5-9(12(16)17)11-8-4-2-1-3-7(8)6-13-11/h5,7-8,11,13H,1-4,6H2,(H,14,15)(H,16,17)/b9-5+. The first-order chi connectivity index (χ1) is 8.09. The summed E-state index contributed by atoms with van der Waals surface area (Å²) in [6, 6.07) is -0.297. The molecule has 0 bridgehead atoms. The van der Waals surface area contributed by atoms with E-state index in [0.29, 0.717) is 5.92 Å². The number of fused-ring (bicyclic) bond motifs is 1. The van der Waals surface area contributed by atoms with Crippen molar-refractivity contribution in [3.63, 3.8) is 0 Å². The summed E-state index contributed by atoms with van der Waals surface area (Å²) in [6.45, 7) is 0.805. The van der Waals surface area contributed by atoms with Gasteiger partial charge in [0.05, 0.1) is 5.57 Å². The van der Waals surface area contributed by atoms with Crippen LogP contribution in [-0.4, -0.2) is 34.7 Å². The fraction of sp³-hybridized carbons (Fsp3) is 0.667. The Labute approximate surface area is 99.5 Å². The van der Waals surface area contributed by atoms with Gasteiger partial charge in [-0.25, -0.2) is 9.59 Å². The molecule has 94 valence electrons. The van der Waals surface area contributed by atoms with E-state index in [2.05, 4.69) is 5.32 Å². The van der Waals surface area contributed by atoms with Crippen molar-refractivity contribution in [2.45, 2.75) is 31.7 Å². The third kappa shape index (κ3) is 2.49. The molecule has 0 aromatic carbocycles. The predicted molar refractivity (Wildman–Crippen MR) is 60.6 cm³/mol. The van der Waals surface area contributed by atoms with Gasteiger partial charge >= 0.3 is 11.9 Å². The molecule has 0 aromatic heterocycles. The lowest BCUT2D eigenvalue weighted by molar-refractivity contribution is -0.135. The van der Waals surface area contributed by atoms with Gasteiger partial charge in [-0.1, -0.05) is 12.8 Å². The minimum absolute atomic E-state index is 0.00750. The first kappa shape index (κ1) is 12.1. The molecule has 3 atom stereocenters. The number of carbonyl (C=O) groups is 2. The molecule has 2 fully saturated rings. The number of carboxylic acid groups (broad SMARTS) is 2. The normalized spacial score (nSPS) is 33.2. The van der Waals surface area contributed by atoms with Crippen LogP contribution in [0.1, 0.15) is 25.7 Å². The highest BCUT2D eigenvalue weighted by molar-refractivity contribution is 5.95. The van der Waals surface area contributed by atoms with Gasteiger partial charge in [0.2, 0.25) is 0 Å². The molecule has 1 aliphatic heterocycles. The van der Waals surface area contributed by atoms with E-state index < -0.39 is 11.9 Å². The van der Waals surface area contributed by atoms with E-state index >= 15 is 0 Å². The maximum absolute atomic E-state index is 11.1. The zero-order valence-electron chi connectivity index (χ0n) is 9.56. The van der Waals surface area contributed by atoms with Crippen molar-refractivity contribution in [1.29, 1.82) is 0 Å². The van der Waals surface area contributed by atoms with Gasteiger partial charge in [0.1, 0.15) is 0 Å². The Bertz CT molecular complexity index is 364. The maximum Gasteiger partial charge on any atom is 0.333 e. The molecule has 1 saturated heterocycles. The van der Waals surface area contributed by atoms with Crippen molar-refractivity contribution in [2.75, 3.05) is 6.54 Å². The average Bonchev–Trinajstić information content (AvgIpc) is 2.69. The Morgan fingerprint density at radius 2 is 1.88 bits per heavy atom. The van der Waals surface area contributed by atoms with E-state index in [4.69, 9.17) is 10.2 Å². The third-order valence-corrected chi connectivity index (χ3v) is 3.86. The highest BCUT2D eigenvalue weighted by Gasteiger charge is 2.40. The van der Waals surface area contributed by atoms with E-state index in [9.17, 15) is 9.59 Å². The highest BCUT2D eigenvalue weighted by Crippen LogP contribution is 2.38. The van der Waals surface area contributed by atoms with Crippen LogP contribution in [0.5, 0.6) is 0 Å². The van der Waals surface area contributed by atoms with Crippen LogP contribution >= 0.6 is 0 Å². The second-order valence-corrected chi connectivity index (χ2v) is 4.84. The Morgan fingerprint density at radius 1 is 1.18 bits per heavy atom. The molecule has 0 amide bonds. The Balaban J connectivity index is 2.20. The van der Waals surface area contributed by atoms with Crippen LogP contribution in [0.25, 0.3) is 0 Å². The van der Waals surface area contributed by atoms with Crippen molar-refractivity contribution in [3.05, 3.63) is 11.6 Å². The fourth-order valence-corrected chi connectivity index (χ4v) is 3.12. The molecule has 1 aliphatic carbocycles. The molecule has 0 aromatic rings. The maximum atomic E-state index is 11.1. The third-order valence-electron chi connectivity index (χ3n) is 3.86. The summed E-state index contributed by atoms with van der Waals surface area (Å²) in [5, 5.41) is 21.0. The average molecular weight is 239 g/mol. The summed E-state index contributed by atoms with van der Waals surface area (Å²) in [7, 11) is 0. The van der Waals surface area contributed by atoms with Crippen molar-refractivity contribution < 1.29 is 19.8 Å². The second-order valence-electron chi connectivity index (χ2n) is 4.84. The summed E-state index contributed by atoms with van der Waals surface area (Å²) >= 11 is 0. The second kappa shape index (κ2) is 4.87. The van der Waals surface area contributed by atoms with Gasteiger partial charge in [-0.3, -0.25) is 0 Å². The number of aliphatic carboxylic acids is 2. The molecule has 1 heterocycles. The van der Waals surface area contributed by atoms with Gasteiger partial charge < -0.3 is 15.5 Å². The van der Waals surface area contributed by atoms with Crippen LogP contribution in [0.2, 0.25) is 0 Å².